The lowest BCUT2D eigenvalue weighted by Crippen LogP contribution is -2.02. The average Bonchev–Trinajstić information content (AvgIpc) is 2.18. The van der Waals surface area contributed by atoms with Gasteiger partial charge in [0.05, 0.1) is 5.69 Å². The number of fused-ring (bicyclic) bond motifs is 1. The Labute approximate surface area is 81.6 Å². The highest BCUT2D eigenvalue weighted by molar-refractivity contribution is 5.85. The molecule has 0 saturated carbocycles. The van der Waals surface area contributed by atoms with Gasteiger partial charge in [-0.3, -0.25) is 4.98 Å². The van der Waals surface area contributed by atoms with Crippen LogP contribution in [-0.2, 0) is 6.54 Å². The molecular weight excluding hydrogens is 179 g/mol. The van der Waals surface area contributed by atoms with Crippen molar-refractivity contribution in [2.24, 2.45) is 5.73 Å². The third kappa shape index (κ3) is 1.36. The van der Waals surface area contributed by atoms with E-state index in [0.717, 1.165) is 16.8 Å². The summed E-state index contributed by atoms with van der Waals surface area (Å²) in [7, 11) is 0. The lowest BCUT2D eigenvalue weighted by atomic mass is 10.1. The Balaban J connectivity index is 2.87. The number of hydrogen-bond acceptors (Lipinski definition) is 2. The van der Waals surface area contributed by atoms with Crippen LogP contribution in [0.25, 0.3) is 10.8 Å². The summed E-state index contributed by atoms with van der Waals surface area (Å²) in [5.74, 6) is -0.220. The molecule has 0 radical (unpaired) electrons. The predicted molar refractivity (Wildman–Crippen MR) is 54.3 cm³/mol. The zero-order chi connectivity index (χ0) is 10.1. The molecule has 2 N–H and O–H groups in total. The molecule has 2 nitrogen and oxygen atoms in total. The topological polar surface area (TPSA) is 38.9 Å². The van der Waals surface area contributed by atoms with E-state index < -0.39 is 0 Å². The Bertz CT molecular complexity index is 480. The van der Waals surface area contributed by atoms with E-state index in [-0.39, 0.29) is 5.82 Å². The molecular formula is C11H11FN2. The molecule has 0 fully saturated rings. The maximum absolute atomic E-state index is 13.4. The van der Waals surface area contributed by atoms with Crippen molar-refractivity contribution in [3.8, 4) is 0 Å². The van der Waals surface area contributed by atoms with Gasteiger partial charge in [-0.2, -0.15) is 0 Å². The van der Waals surface area contributed by atoms with Gasteiger partial charge in [-0.05, 0) is 19.1 Å². The molecule has 72 valence electrons. The van der Waals surface area contributed by atoms with E-state index in [4.69, 9.17) is 5.73 Å². The molecule has 1 aromatic carbocycles. The average molecular weight is 190 g/mol. The molecule has 14 heavy (non-hydrogen) atoms. The Kier molecular flexibility index (Phi) is 2.17. The minimum absolute atomic E-state index is 0.220. The summed E-state index contributed by atoms with van der Waals surface area (Å²) in [6.45, 7) is 2.17. The molecule has 1 heterocycles. The van der Waals surface area contributed by atoms with Crippen molar-refractivity contribution in [1.82, 2.24) is 4.98 Å². The van der Waals surface area contributed by atoms with E-state index in [1.807, 2.05) is 13.0 Å². The largest absolute Gasteiger partial charge is 0.325 e. The van der Waals surface area contributed by atoms with Crippen LogP contribution < -0.4 is 5.73 Å². The van der Waals surface area contributed by atoms with Gasteiger partial charge in [-0.15, -0.1) is 0 Å². The molecule has 0 aliphatic rings. The molecule has 1 aromatic heterocycles. The molecule has 0 aliphatic heterocycles. The summed E-state index contributed by atoms with van der Waals surface area (Å²) < 4.78 is 13.4. The fourth-order valence-corrected chi connectivity index (χ4v) is 1.61. The van der Waals surface area contributed by atoms with E-state index in [9.17, 15) is 4.39 Å². The number of benzene rings is 1. The van der Waals surface area contributed by atoms with Crippen LogP contribution in [0.15, 0.2) is 24.3 Å². The lowest BCUT2D eigenvalue weighted by molar-refractivity contribution is 0.639. The molecule has 0 spiro atoms. The molecule has 0 aliphatic carbocycles. The fourth-order valence-electron chi connectivity index (χ4n) is 1.61. The van der Waals surface area contributed by atoms with Crippen LogP contribution in [0.3, 0.4) is 0 Å². The maximum atomic E-state index is 13.4. The number of aryl methyl sites for hydroxylation is 1. The van der Waals surface area contributed by atoms with Crippen molar-refractivity contribution < 1.29 is 4.39 Å². The number of halogens is 1. The summed E-state index contributed by atoms with van der Waals surface area (Å²) in [5.41, 5.74) is 7.09. The highest BCUT2D eigenvalue weighted by atomic mass is 19.1. The van der Waals surface area contributed by atoms with Crippen molar-refractivity contribution >= 4 is 10.8 Å². The molecule has 0 unspecified atom stereocenters. The number of aromatic nitrogens is 1. The van der Waals surface area contributed by atoms with Crippen molar-refractivity contribution in [1.29, 1.82) is 0 Å². The van der Waals surface area contributed by atoms with Gasteiger partial charge in [0.1, 0.15) is 5.82 Å². The Morgan fingerprint density at radius 3 is 2.86 bits per heavy atom. The lowest BCUT2D eigenvalue weighted by Gasteiger charge is -2.05. The zero-order valence-corrected chi connectivity index (χ0v) is 7.92. The third-order valence-electron chi connectivity index (χ3n) is 2.22. The molecule has 0 atom stereocenters. The maximum Gasteiger partial charge on any atom is 0.131 e. The minimum Gasteiger partial charge on any atom is -0.325 e. The van der Waals surface area contributed by atoms with Crippen LogP contribution in [0.2, 0.25) is 0 Å². The number of nitrogens with zero attached hydrogens (tertiary/aromatic N) is 1. The Morgan fingerprint density at radius 1 is 1.36 bits per heavy atom. The summed E-state index contributed by atoms with van der Waals surface area (Å²) in [5, 5.41) is 1.40. The summed E-state index contributed by atoms with van der Waals surface area (Å²) in [6, 6.07) is 6.70. The van der Waals surface area contributed by atoms with Gasteiger partial charge in [0.2, 0.25) is 0 Å². The van der Waals surface area contributed by atoms with Gasteiger partial charge in [-0.1, -0.05) is 12.1 Å². The summed E-state index contributed by atoms with van der Waals surface area (Å²) in [4.78, 5) is 4.27. The first kappa shape index (κ1) is 9.09. The Hall–Kier alpha value is -1.48. The van der Waals surface area contributed by atoms with Gasteiger partial charge in [0, 0.05) is 23.0 Å². The first-order valence-electron chi connectivity index (χ1n) is 4.47. The van der Waals surface area contributed by atoms with Crippen LogP contribution in [0.1, 0.15) is 11.4 Å². The highest BCUT2D eigenvalue weighted by Gasteiger charge is 2.05. The van der Waals surface area contributed by atoms with Gasteiger partial charge in [0.15, 0.2) is 0 Å². The van der Waals surface area contributed by atoms with Crippen LogP contribution in [0.5, 0.6) is 0 Å². The summed E-state index contributed by atoms with van der Waals surface area (Å²) >= 11 is 0. The molecule has 0 bridgehead atoms. The second-order valence-electron chi connectivity index (χ2n) is 3.25. The van der Waals surface area contributed by atoms with Crippen LogP contribution >= 0.6 is 0 Å². The van der Waals surface area contributed by atoms with Gasteiger partial charge < -0.3 is 5.73 Å². The Morgan fingerprint density at radius 2 is 2.14 bits per heavy atom. The van der Waals surface area contributed by atoms with E-state index in [1.165, 1.54) is 6.07 Å². The quantitative estimate of drug-likeness (QED) is 0.748. The molecule has 2 aromatic rings. The SMILES string of the molecule is Cc1cc2c(F)cccc2c(CN)n1. The first-order valence-corrected chi connectivity index (χ1v) is 4.47. The first-order chi connectivity index (χ1) is 6.72. The minimum atomic E-state index is -0.220. The number of hydrogen-bond donors (Lipinski definition) is 1. The second-order valence-corrected chi connectivity index (χ2v) is 3.25. The van der Waals surface area contributed by atoms with Gasteiger partial charge in [0.25, 0.3) is 0 Å². The number of pyridine rings is 1. The monoisotopic (exact) mass is 190 g/mol. The third-order valence-corrected chi connectivity index (χ3v) is 2.22. The molecule has 0 amide bonds. The van der Waals surface area contributed by atoms with Crippen LogP contribution in [0, 0.1) is 12.7 Å². The van der Waals surface area contributed by atoms with E-state index in [1.54, 1.807) is 12.1 Å². The van der Waals surface area contributed by atoms with Crippen molar-refractivity contribution in [3.05, 3.63) is 41.5 Å². The predicted octanol–water partition coefficient (Wildman–Crippen LogP) is 2.14. The van der Waals surface area contributed by atoms with E-state index in [0.29, 0.717) is 11.9 Å². The van der Waals surface area contributed by atoms with Crippen molar-refractivity contribution in [3.63, 3.8) is 0 Å². The van der Waals surface area contributed by atoms with Gasteiger partial charge >= 0.3 is 0 Å². The van der Waals surface area contributed by atoms with E-state index >= 15 is 0 Å². The normalized spacial score (nSPS) is 10.8. The molecule has 3 heteroatoms. The van der Waals surface area contributed by atoms with Gasteiger partial charge in [-0.25, -0.2) is 4.39 Å². The second kappa shape index (κ2) is 3.35. The van der Waals surface area contributed by atoms with Crippen molar-refractivity contribution in [2.45, 2.75) is 13.5 Å². The van der Waals surface area contributed by atoms with E-state index in [2.05, 4.69) is 4.98 Å². The number of nitrogens with two attached hydrogens (primary N) is 1. The zero-order valence-electron chi connectivity index (χ0n) is 7.92. The van der Waals surface area contributed by atoms with Crippen LogP contribution in [0.4, 0.5) is 4.39 Å². The molecule has 0 saturated heterocycles. The summed E-state index contributed by atoms with van der Waals surface area (Å²) in [6.07, 6.45) is 0. The van der Waals surface area contributed by atoms with Crippen LogP contribution in [-0.4, -0.2) is 4.98 Å². The number of rotatable bonds is 1. The van der Waals surface area contributed by atoms with Crippen molar-refractivity contribution in [2.75, 3.05) is 0 Å². The fraction of sp³-hybridized carbons (Fsp3) is 0.182. The highest BCUT2D eigenvalue weighted by Crippen LogP contribution is 2.20. The molecule has 2 rings (SSSR count). The standard InChI is InChI=1S/C11H11FN2/c1-7-5-9-8(11(6-13)14-7)3-2-4-10(9)12/h2-5H,6,13H2,1H3. The smallest absolute Gasteiger partial charge is 0.131 e.